The minimum Gasteiger partial charge on any atom is -0.493 e. The lowest BCUT2D eigenvalue weighted by molar-refractivity contribution is -0.137. The van der Waals surface area contributed by atoms with Crippen molar-refractivity contribution >= 4 is 21.6 Å². The van der Waals surface area contributed by atoms with Gasteiger partial charge in [0, 0.05) is 18.0 Å². The van der Waals surface area contributed by atoms with Crippen LogP contribution in [0.4, 0.5) is 0 Å². The molecule has 1 fully saturated rings. The van der Waals surface area contributed by atoms with Crippen molar-refractivity contribution in [2.45, 2.75) is 25.3 Å². The lowest BCUT2D eigenvalue weighted by atomic mass is 10.1. The highest BCUT2D eigenvalue weighted by Crippen LogP contribution is 2.28. The summed E-state index contributed by atoms with van der Waals surface area (Å²) >= 11 is 0. The fraction of sp³-hybridized carbons (Fsp3) is 0.556. The molecule has 1 heterocycles. The molecule has 0 bridgehead atoms. The van der Waals surface area contributed by atoms with Gasteiger partial charge in [0.25, 0.3) is 0 Å². The minimum absolute atomic E-state index is 0.000709. The van der Waals surface area contributed by atoms with Gasteiger partial charge in [0.2, 0.25) is 0 Å². The summed E-state index contributed by atoms with van der Waals surface area (Å²) in [5, 5.41) is 8.83. The predicted octanol–water partition coefficient (Wildman–Crippen LogP) is 1.24. The summed E-state index contributed by atoms with van der Waals surface area (Å²) < 4.78 is 34.0. The predicted molar refractivity (Wildman–Crippen MR) is 99.4 cm³/mol. The summed E-state index contributed by atoms with van der Waals surface area (Å²) in [4.78, 5) is 25.3. The topological polar surface area (TPSA) is 110 Å². The molecule has 9 heteroatoms. The second kappa shape index (κ2) is 9.18. The van der Waals surface area contributed by atoms with E-state index >= 15 is 0 Å². The lowest BCUT2D eigenvalue weighted by Gasteiger charge is -2.27. The van der Waals surface area contributed by atoms with Gasteiger partial charge in [0.1, 0.15) is 0 Å². The van der Waals surface area contributed by atoms with Gasteiger partial charge in [-0.1, -0.05) is 0 Å². The van der Waals surface area contributed by atoms with Crippen LogP contribution in [-0.2, 0) is 14.6 Å². The van der Waals surface area contributed by atoms with Gasteiger partial charge in [-0.15, -0.1) is 0 Å². The van der Waals surface area contributed by atoms with Crippen LogP contribution in [0.1, 0.15) is 29.6 Å². The Labute approximate surface area is 159 Å². The summed E-state index contributed by atoms with van der Waals surface area (Å²) in [6, 6.07) is 4.58. The molecule has 0 aliphatic carbocycles. The maximum atomic E-state index is 12.7. The van der Waals surface area contributed by atoms with Crippen LogP contribution in [0.15, 0.2) is 18.2 Å². The maximum absolute atomic E-state index is 12.7. The minimum atomic E-state index is -3.11. The van der Waals surface area contributed by atoms with Gasteiger partial charge in [-0.2, -0.15) is 0 Å². The van der Waals surface area contributed by atoms with Crippen molar-refractivity contribution in [1.29, 1.82) is 0 Å². The second-order valence-corrected chi connectivity index (χ2v) is 8.75. The van der Waals surface area contributed by atoms with Crippen LogP contribution >= 0.6 is 0 Å². The molecule has 1 saturated heterocycles. The van der Waals surface area contributed by atoms with E-state index in [0.717, 1.165) is 0 Å². The van der Waals surface area contributed by atoms with Crippen LogP contribution in [0, 0.1) is 0 Å². The van der Waals surface area contributed by atoms with E-state index in [1.807, 2.05) is 0 Å². The van der Waals surface area contributed by atoms with Crippen LogP contribution in [0.2, 0.25) is 0 Å². The quantitative estimate of drug-likeness (QED) is 0.585. The van der Waals surface area contributed by atoms with Gasteiger partial charge in [0.05, 0.1) is 32.3 Å². The number of Topliss-reactive ketones (excluding diaryl/α,β-unsaturated/α-hetero) is 1. The molecule has 1 aliphatic rings. The van der Waals surface area contributed by atoms with E-state index < -0.39 is 15.8 Å². The number of rotatable bonds is 10. The van der Waals surface area contributed by atoms with Gasteiger partial charge in [-0.25, -0.2) is 8.42 Å². The van der Waals surface area contributed by atoms with Crippen LogP contribution in [0.3, 0.4) is 0 Å². The highest BCUT2D eigenvalue weighted by molar-refractivity contribution is 7.91. The fourth-order valence-electron chi connectivity index (χ4n) is 3.17. The largest absolute Gasteiger partial charge is 0.493 e. The molecule has 0 radical (unpaired) electrons. The van der Waals surface area contributed by atoms with E-state index in [1.54, 1.807) is 23.1 Å². The number of ether oxygens (including phenoxy) is 2. The van der Waals surface area contributed by atoms with Crippen molar-refractivity contribution in [2.24, 2.45) is 0 Å². The molecule has 1 aromatic rings. The van der Waals surface area contributed by atoms with E-state index in [0.29, 0.717) is 36.4 Å². The van der Waals surface area contributed by atoms with Crippen molar-refractivity contribution in [3.8, 4) is 11.5 Å². The Morgan fingerprint density at radius 2 is 1.93 bits per heavy atom. The number of nitrogens with zero attached hydrogens (tertiary/aromatic N) is 1. The van der Waals surface area contributed by atoms with Crippen LogP contribution < -0.4 is 9.47 Å². The van der Waals surface area contributed by atoms with Crippen molar-refractivity contribution in [3.05, 3.63) is 23.8 Å². The molecule has 1 N–H and O–H groups in total. The number of carboxylic acid groups (broad SMARTS) is 1. The van der Waals surface area contributed by atoms with Crippen molar-refractivity contribution < 1.29 is 32.6 Å². The third-order valence-electron chi connectivity index (χ3n) is 4.61. The Morgan fingerprint density at radius 1 is 1.22 bits per heavy atom. The third-order valence-corrected chi connectivity index (χ3v) is 6.36. The molecule has 0 amide bonds. The fourth-order valence-corrected chi connectivity index (χ4v) is 4.93. The number of benzene rings is 1. The molecule has 0 spiro atoms. The zero-order chi connectivity index (χ0) is 20.0. The van der Waals surface area contributed by atoms with Gasteiger partial charge >= 0.3 is 5.97 Å². The first-order chi connectivity index (χ1) is 12.8. The second-order valence-electron chi connectivity index (χ2n) is 6.52. The van der Waals surface area contributed by atoms with E-state index in [2.05, 4.69) is 0 Å². The number of ketones is 1. The molecule has 8 nitrogen and oxygen atoms in total. The molecular formula is C18H25NO7S. The van der Waals surface area contributed by atoms with Crippen molar-refractivity contribution in [2.75, 3.05) is 38.8 Å². The number of carbonyl (C=O) groups is 2. The average Bonchev–Trinajstić information content (AvgIpc) is 2.99. The summed E-state index contributed by atoms with van der Waals surface area (Å²) in [7, 11) is -0.124. The maximum Gasteiger partial charge on any atom is 0.303 e. The first-order valence-corrected chi connectivity index (χ1v) is 10.5. The zero-order valence-corrected chi connectivity index (χ0v) is 16.3. The number of hydrogen-bond donors (Lipinski definition) is 1. The summed E-state index contributed by atoms with van der Waals surface area (Å²) in [6.45, 7) is 0.376. The molecule has 0 aromatic heterocycles. The first kappa shape index (κ1) is 21.2. The smallest absolute Gasteiger partial charge is 0.303 e. The monoisotopic (exact) mass is 399 g/mol. The van der Waals surface area contributed by atoms with Gasteiger partial charge < -0.3 is 14.6 Å². The highest BCUT2D eigenvalue weighted by Gasteiger charge is 2.33. The van der Waals surface area contributed by atoms with Gasteiger partial charge in [-0.3, -0.25) is 14.5 Å². The SMILES string of the molecule is COc1ccc(C(=O)CN(CCCC(=O)O)[C@@H]2CCS(=O)(=O)C2)cc1OC. The Morgan fingerprint density at radius 3 is 2.48 bits per heavy atom. The molecule has 150 valence electrons. The van der Waals surface area contributed by atoms with E-state index in [9.17, 15) is 18.0 Å². The number of sulfone groups is 1. The highest BCUT2D eigenvalue weighted by atomic mass is 32.2. The van der Waals surface area contributed by atoms with Crippen molar-refractivity contribution in [1.82, 2.24) is 4.90 Å². The summed E-state index contributed by atoms with van der Waals surface area (Å²) in [6.07, 6.45) is 0.778. The Balaban J connectivity index is 2.13. The summed E-state index contributed by atoms with van der Waals surface area (Å²) in [5.41, 5.74) is 0.428. The number of carbonyl (C=O) groups excluding carboxylic acids is 1. The van der Waals surface area contributed by atoms with Gasteiger partial charge in [0.15, 0.2) is 27.1 Å². The Hall–Kier alpha value is -2.13. The zero-order valence-electron chi connectivity index (χ0n) is 15.5. The molecule has 1 aromatic carbocycles. The van der Waals surface area contributed by atoms with E-state index in [1.165, 1.54) is 14.2 Å². The van der Waals surface area contributed by atoms with Crippen LogP contribution in [0.25, 0.3) is 0 Å². The normalized spacial score (nSPS) is 18.4. The number of aliphatic carboxylic acids is 1. The number of methoxy groups -OCH3 is 2. The molecular weight excluding hydrogens is 374 g/mol. The molecule has 0 saturated carbocycles. The average molecular weight is 399 g/mol. The Bertz CT molecular complexity index is 791. The molecule has 1 aliphatic heterocycles. The number of hydrogen-bond acceptors (Lipinski definition) is 7. The molecule has 0 unspecified atom stereocenters. The Kier molecular flexibility index (Phi) is 7.20. The van der Waals surface area contributed by atoms with Gasteiger partial charge in [-0.05, 0) is 37.6 Å². The standard InChI is InChI=1S/C18H25NO7S/c1-25-16-6-5-13(10-17(16)26-2)15(20)11-19(8-3-4-18(21)22)14-7-9-27(23,24)12-14/h5-6,10,14H,3-4,7-9,11-12H2,1-2H3,(H,21,22)/t14-/m1/s1. The van der Waals surface area contributed by atoms with Crippen molar-refractivity contribution in [3.63, 3.8) is 0 Å². The molecule has 27 heavy (non-hydrogen) atoms. The van der Waals surface area contributed by atoms with E-state index in [-0.39, 0.29) is 36.3 Å². The third kappa shape index (κ3) is 5.93. The van der Waals surface area contributed by atoms with Crippen LogP contribution in [-0.4, -0.2) is 75.0 Å². The van der Waals surface area contributed by atoms with Crippen LogP contribution in [0.5, 0.6) is 11.5 Å². The summed E-state index contributed by atoms with van der Waals surface area (Å²) in [5.74, 6) is -0.0639. The molecule has 2 rings (SSSR count). The number of carboxylic acids is 1. The lowest BCUT2D eigenvalue weighted by Crippen LogP contribution is -2.40. The molecule has 1 atom stereocenters. The van der Waals surface area contributed by atoms with E-state index in [4.69, 9.17) is 14.6 Å². The first-order valence-electron chi connectivity index (χ1n) is 8.67.